The Kier molecular flexibility index (Phi) is 42.0. The van der Waals surface area contributed by atoms with E-state index in [1.54, 1.807) is 0 Å². The zero-order valence-electron chi connectivity index (χ0n) is 36.2. The van der Waals surface area contributed by atoms with Gasteiger partial charge in [0.2, 0.25) is 0 Å². The summed E-state index contributed by atoms with van der Waals surface area (Å²) < 4.78 is 16.6. The van der Waals surface area contributed by atoms with Crippen LogP contribution in [-0.4, -0.2) is 37.2 Å². The predicted molar refractivity (Wildman–Crippen MR) is 233 cm³/mol. The zero-order chi connectivity index (χ0) is 40.1. The molecule has 0 spiro atoms. The monoisotopic (exact) mass is 771 g/mol. The third kappa shape index (κ3) is 42.4. The molecule has 1 unspecified atom stereocenters. The van der Waals surface area contributed by atoms with Gasteiger partial charge in [-0.3, -0.25) is 14.4 Å². The number of hydrogen-bond donors (Lipinski definition) is 0. The van der Waals surface area contributed by atoms with E-state index < -0.39 is 6.10 Å². The summed E-state index contributed by atoms with van der Waals surface area (Å²) in [5.74, 6) is -0.930. The van der Waals surface area contributed by atoms with Crippen molar-refractivity contribution < 1.29 is 28.6 Å². The lowest BCUT2D eigenvalue weighted by atomic mass is 10.1. The van der Waals surface area contributed by atoms with E-state index in [1.165, 1.54) is 96.3 Å². The van der Waals surface area contributed by atoms with Crippen molar-refractivity contribution in [2.45, 2.75) is 232 Å². The molecule has 0 radical (unpaired) electrons. The van der Waals surface area contributed by atoms with Gasteiger partial charge in [0, 0.05) is 19.3 Å². The van der Waals surface area contributed by atoms with Crippen LogP contribution in [0.1, 0.15) is 226 Å². The average molecular weight is 771 g/mol. The molecule has 0 aliphatic carbocycles. The van der Waals surface area contributed by atoms with Gasteiger partial charge in [-0.2, -0.15) is 0 Å². The van der Waals surface area contributed by atoms with Gasteiger partial charge >= 0.3 is 17.9 Å². The summed E-state index contributed by atoms with van der Waals surface area (Å²) in [5.41, 5.74) is 0. The first kappa shape index (κ1) is 52.4. The molecule has 0 aliphatic rings. The van der Waals surface area contributed by atoms with Crippen molar-refractivity contribution in [2.24, 2.45) is 0 Å². The van der Waals surface area contributed by atoms with Gasteiger partial charge in [-0.25, -0.2) is 0 Å². The molecule has 0 amide bonds. The number of ether oxygens (including phenoxy) is 3. The molecule has 0 aromatic rings. The Bertz CT molecular complexity index is 980. The van der Waals surface area contributed by atoms with Crippen LogP contribution in [0.15, 0.2) is 48.6 Å². The lowest BCUT2D eigenvalue weighted by Crippen LogP contribution is -2.30. The second kappa shape index (κ2) is 44.1. The summed E-state index contributed by atoms with van der Waals surface area (Å²) in [4.78, 5) is 37.7. The second-order valence-electron chi connectivity index (χ2n) is 15.3. The molecule has 0 saturated heterocycles. The van der Waals surface area contributed by atoms with Crippen LogP contribution in [0.5, 0.6) is 0 Å². The molecule has 6 nitrogen and oxygen atoms in total. The fourth-order valence-electron chi connectivity index (χ4n) is 6.33. The van der Waals surface area contributed by atoms with Gasteiger partial charge in [0.05, 0.1) is 0 Å². The van der Waals surface area contributed by atoms with E-state index in [-0.39, 0.29) is 31.1 Å². The minimum atomic E-state index is -0.786. The van der Waals surface area contributed by atoms with E-state index in [0.717, 1.165) is 89.9 Å². The maximum Gasteiger partial charge on any atom is 0.306 e. The van der Waals surface area contributed by atoms with Gasteiger partial charge < -0.3 is 14.2 Å². The maximum atomic E-state index is 12.7. The molecule has 0 aliphatic heterocycles. The normalized spacial score (nSPS) is 12.4. The Morgan fingerprint density at radius 2 is 0.709 bits per heavy atom. The van der Waals surface area contributed by atoms with E-state index in [0.29, 0.717) is 19.3 Å². The van der Waals surface area contributed by atoms with Gasteiger partial charge in [0.1, 0.15) is 13.2 Å². The lowest BCUT2D eigenvalue weighted by molar-refractivity contribution is -0.167. The van der Waals surface area contributed by atoms with Crippen molar-refractivity contribution in [3.05, 3.63) is 48.6 Å². The predicted octanol–water partition coefficient (Wildman–Crippen LogP) is 14.8. The van der Waals surface area contributed by atoms with Crippen LogP contribution < -0.4 is 0 Å². The minimum absolute atomic E-state index is 0.0868. The van der Waals surface area contributed by atoms with E-state index in [9.17, 15) is 14.4 Å². The Morgan fingerprint density at radius 3 is 1.15 bits per heavy atom. The maximum absolute atomic E-state index is 12.7. The highest BCUT2D eigenvalue weighted by molar-refractivity contribution is 5.71. The van der Waals surface area contributed by atoms with Gasteiger partial charge in [-0.1, -0.05) is 179 Å². The Labute approximate surface area is 339 Å². The average Bonchev–Trinajstić information content (AvgIpc) is 3.18. The summed E-state index contributed by atoms with van der Waals surface area (Å²) >= 11 is 0. The topological polar surface area (TPSA) is 78.9 Å². The highest BCUT2D eigenvalue weighted by Crippen LogP contribution is 2.13. The molecule has 6 heteroatoms. The van der Waals surface area contributed by atoms with E-state index in [4.69, 9.17) is 14.2 Å². The van der Waals surface area contributed by atoms with Crippen LogP contribution >= 0.6 is 0 Å². The molecule has 0 saturated carbocycles. The van der Waals surface area contributed by atoms with Gasteiger partial charge in [0.25, 0.3) is 0 Å². The Hall–Kier alpha value is -2.63. The van der Waals surface area contributed by atoms with Crippen molar-refractivity contribution >= 4 is 17.9 Å². The molecule has 0 N–H and O–H groups in total. The lowest BCUT2D eigenvalue weighted by Gasteiger charge is -2.18. The molecule has 0 aromatic carbocycles. The van der Waals surface area contributed by atoms with Crippen LogP contribution in [-0.2, 0) is 28.6 Å². The van der Waals surface area contributed by atoms with Crippen LogP contribution in [0.25, 0.3) is 0 Å². The quantitative estimate of drug-likeness (QED) is 0.0267. The number of carbonyl (C=O) groups excluding carboxylic acids is 3. The first-order valence-corrected chi connectivity index (χ1v) is 23.1. The number of hydrogen-bond acceptors (Lipinski definition) is 6. The molecular weight excluding hydrogens is 685 g/mol. The van der Waals surface area contributed by atoms with Gasteiger partial charge in [0.15, 0.2) is 6.10 Å². The third-order valence-electron chi connectivity index (χ3n) is 9.82. The van der Waals surface area contributed by atoms with Crippen LogP contribution in [0.2, 0.25) is 0 Å². The van der Waals surface area contributed by atoms with Crippen molar-refractivity contribution in [1.82, 2.24) is 0 Å². The molecule has 0 aromatic heterocycles. The highest BCUT2D eigenvalue weighted by Gasteiger charge is 2.19. The van der Waals surface area contributed by atoms with E-state index in [2.05, 4.69) is 69.4 Å². The number of allylic oxidation sites excluding steroid dienone is 8. The standard InChI is InChI=1S/C49H86O6/c1-4-7-10-13-16-19-21-23-24-25-27-28-30-33-36-39-42-48(51)54-45-46(44-53-47(50)41-38-35-32-18-15-12-9-6-3)55-49(52)43-40-37-34-31-29-26-22-20-17-14-11-8-5-2/h8,11,17,20,24-26,29,46H,4-7,9-10,12-16,18-19,21-23,27-28,30-45H2,1-3H3/b11-8-,20-17-,25-24-,29-26-. The highest BCUT2D eigenvalue weighted by atomic mass is 16.6. The summed E-state index contributed by atoms with van der Waals surface area (Å²) in [6.45, 7) is 6.45. The minimum Gasteiger partial charge on any atom is -0.462 e. The Morgan fingerprint density at radius 1 is 0.382 bits per heavy atom. The van der Waals surface area contributed by atoms with Crippen molar-refractivity contribution in [3.63, 3.8) is 0 Å². The summed E-state index contributed by atoms with van der Waals surface area (Å²) in [5, 5.41) is 0. The fraction of sp³-hybridized carbons (Fsp3) is 0.776. The molecule has 0 fully saturated rings. The third-order valence-corrected chi connectivity index (χ3v) is 9.82. The fourth-order valence-corrected chi connectivity index (χ4v) is 6.33. The summed E-state index contributed by atoms with van der Waals surface area (Å²) in [7, 11) is 0. The van der Waals surface area contributed by atoms with Crippen LogP contribution in [0.4, 0.5) is 0 Å². The van der Waals surface area contributed by atoms with E-state index in [1.807, 2.05) is 0 Å². The molecule has 0 rings (SSSR count). The van der Waals surface area contributed by atoms with Crippen molar-refractivity contribution in [1.29, 1.82) is 0 Å². The molecule has 0 heterocycles. The largest absolute Gasteiger partial charge is 0.462 e. The number of unbranched alkanes of at least 4 members (excludes halogenated alkanes) is 22. The van der Waals surface area contributed by atoms with Crippen molar-refractivity contribution in [3.8, 4) is 0 Å². The summed E-state index contributed by atoms with van der Waals surface area (Å²) in [6.07, 6.45) is 51.0. The van der Waals surface area contributed by atoms with Gasteiger partial charge in [-0.05, 0) is 77.0 Å². The van der Waals surface area contributed by atoms with Gasteiger partial charge in [-0.15, -0.1) is 0 Å². The van der Waals surface area contributed by atoms with Crippen molar-refractivity contribution in [2.75, 3.05) is 13.2 Å². The van der Waals surface area contributed by atoms with Crippen LogP contribution in [0.3, 0.4) is 0 Å². The summed E-state index contributed by atoms with van der Waals surface area (Å²) in [6, 6.07) is 0. The van der Waals surface area contributed by atoms with E-state index >= 15 is 0 Å². The van der Waals surface area contributed by atoms with Crippen LogP contribution in [0, 0.1) is 0 Å². The first-order chi connectivity index (χ1) is 27.0. The molecular formula is C49H86O6. The molecule has 55 heavy (non-hydrogen) atoms. The number of esters is 3. The second-order valence-corrected chi connectivity index (χ2v) is 15.3. The molecule has 318 valence electrons. The number of rotatable bonds is 41. The molecule has 1 atom stereocenters. The SMILES string of the molecule is CC/C=C\C/C=C\C/C=C\CCCCCC(=O)OC(COC(=O)CCCCCCC/C=C\CCCCCCCCC)COC(=O)CCCCCCCCCC. The number of carbonyl (C=O) groups is 3. The smallest absolute Gasteiger partial charge is 0.306 e. The molecule has 0 bridgehead atoms. The zero-order valence-corrected chi connectivity index (χ0v) is 36.2. The Balaban J connectivity index is 4.37. The first-order valence-electron chi connectivity index (χ1n) is 23.1.